The van der Waals surface area contributed by atoms with Crippen molar-refractivity contribution in [3.8, 4) is 0 Å². The number of aryl methyl sites for hydroxylation is 1. The molecule has 1 aliphatic heterocycles. The monoisotopic (exact) mass is 509 g/mol. The first-order valence-corrected chi connectivity index (χ1v) is 14.3. The maximum atomic E-state index is 13.6. The van der Waals surface area contributed by atoms with Gasteiger partial charge in [0, 0.05) is 16.8 Å². The summed E-state index contributed by atoms with van der Waals surface area (Å²) >= 11 is 7.64. The summed E-state index contributed by atoms with van der Waals surface area (Å²) in [6, 6.07) is 13.5. The zero-order valence-corrected chi connectivity index (χ0v) is 21.5. The predicted octanol–water partition coefficient (Wildman–Crippen LogP) is 6.17. The van der Waals surface area contributed by atoms with Gasteiger partial charge in [0.2, 0.25) is 10.0 Å². The average molecular weight is 510 g/mol. The van der Waals surface area contributed by atoms with Crippen LogP contribution >= 0.6 is 23.4 Å². The van der Waals surface area contributed by atoms with E-state index in [1.165, 1.54) is 22.9 Å². The van der Waals surface area contributed by atoms with Crippen LogP contribution in [0.2, 0.25) is 5.02 Å². The number of carboxylic acids is 1. The van der Waals surface area contributed by atoms with E-state index in [-0.39, 0.29) is 16.7 Å². The number of hydrogen-bond acceptors (Lipinski definition) is 4. The largest absolute Gasteiger partial charge is 0.481 e. The first-order chi connectivity index (χ1) is 15.7. The molecule has 1 aliphatic rings. The highest BCUT2D eigenvalue weighted by molar-refractivity contribution is 7.99. The predicted molar refractivity (Wildman–Crippen MR) is 135 cm³/mol. The molecule has 0 spiro atoms. The summed E-state index contributed by atoms with van der Waals surface area (Å²) < 4.78 is 28.7. The minimum atomic E-state index is -3.91. The lowest BCUT2D eigenvalue weighted by atomic mass is 9.90. The van der Waals surface area contributed by atoms with E-state index in [0.717, 1.165) is 36.1 Å². The van der Waals surface area contributed by atoms with E-state index in [2.05, 4.69) is 6.92 Å². The lowest BCUT2D eigenvalue weighted by Crippen LogP contribution is -2.49. The maximum Gasteiger partial charge on any atom is 0.308 e. The lowest BCUT2D eigenvalue weighted by Gasteiger charge is -2.41. The number of carboxylic acid groups (broad SMARTS) is 1. The molecule has 0 aliphatic carbocycles. The second-order valence-electron chi connectivity index (χ2n) is 8.61. The van der Waals surface area contributed by atoms with Gasteiger partial charge in [0.1, 0.15) is 0 Å². The number of unbranched alkanes of at least 4 members (excludes halogenated alkanes) is 3. The minimum absolute atomic E-state index is 0.0501. The van der Waals surface area contributed by atoms with Crippen molar-refractivity contribution in [3.63, 3.8) is 0 Å². The molecule has 33 heavy (non-hydrogen) atoms. The number of hydrogen-bond donors (Lipinski definition) is 1. The molecule has 0 saturated carbocycles. The Bertz CT molecular complexity index is 1030. The molecule has 180 valence electrons. The summed E-state index contributed by atoms with van der Waals surface area (Å²) in [5.41, 5.74) is 1.98. The van der Waals surface area contributed by atoms with Crippen LogP contribution in [0.5, 0.6) is 0 Å². The smallest absolute Gasteiger partial charge is 0.308 e. The second kappa shape index (κ2) is 11.7. The second-order valence-corrected chi connectivity index (χ2v) is 12.3. The Morgan fingerprint density at radius 2 is 1.76 bits per heavy atom. The molecule has 1 N–H and O–H groups in total. The molecule has 2 aromatic rings. The Balaban J connectivity index is 1.93. The fourth-order valence-corrected chi connectivity index (χ4v) is 7.43. The molecule has 5 nitrogen and oxygen atoms in total. The Morgan fingerprint density at radius 1 is 1.09 bits per heavy atom. The molecule has 3 atom stereocenters. The van der Waals surface area contributed by atoms with E-state index in [1.807, 2.05) is 31.2 Å². The molecule has 1 heterocycles. The molecular weight excluding hydrogens is 478 g/mol. The van der Waals surface area contributed by atoms with Gasteiger partial charge in [0.05, 0.1) is 16.9 Å². The number of aliphatic carboxylic acids is 1. The van der Waals surface area contributed by atoms with Crippen LogP contribution in [-0.4, -0.2) is 41.3 Å². The zero-order valence-electron chi connectivity index (χ0n) is 19.1. The van der Waals surface area contributed by atoms with Crippen molar-refractivity contribution in [2.45, 2.75) is 62.1 Å². The topological polar surface area (TPSA) is 74.7 Å². The third-order valence-corrected chi connectivity index (χ3v) is 9.77. The number of rotatable bonds is 10. The van der Waals surface area contributed by atoms with Gasteiger partial charge in [-0.05, 0) is 55.3 Å². The Morgan fingerprint density at radius 3 is 2.36 bits per heavy atom. The van der Waals surface area contributed by atoms with Gasteiger partial charge in [-0.1, -0.05) is 67.6 Å². The quantitative estimate of drug-likeness (QED) is 0.388. The van der Waals surface area contributed by atoms with Crippen LogP contribution in [0, 0.1) is 12.8 Å². The van der Waals surface area contributed by atoms with E-state index < -0.39 is 28.0 Å². The first kappa shape index (κ1) is 26.1. The van der Waals surface area contributed by atoms with Crippen molar-refractivity contribution in [2.24, 2.45) is 5.92 Å². The molecule has 3 rings (SSSR count). The average Bonchev–Trinajstić information content (AvgIpc) is 2.79. The van der Waals surface area contributed by atoms with Crippen LogP contribution in [0.1, 0.15) is 56.2 Å². The summed E-state index contributed by atoms with van der Waals surface area (Å²) in [7, 11) is -3.91. The molecular formula is C25H32ClNO4S2. The van der Waals surface area contributed by atoms with E-state index in [1.54, 1.807) is 23.9 Å². The summed E-state index contributed by atoms with van der Waals surface area (Å²) in [6.07, 6.45) is 4.96. The van der Waals surface area contributed by atoms with Crippen LogP contribution in [0.25, 0.3) is 0 Å². The highest BCUT2D eigenvalue weighted by Crippen LogP contribution is 2.42. The van der Waals surface area contributed by atoms with Crippen molar-refractivity contribution < 1.29 is 18.3 Å². The van der Waals surface area contributed by atoms with Crippen molar-refractivity contribution >= 4 is 39.4 Å². The van der Waals surface area contributed by atoms with Gasteiger partial charge in [0.25, 0.3) is 0 Å². The van der Waals surface area contributed by atoms with E-state index >= 15 is 0 Å². The van der Waals surface area contributed by atoms with Crippen molar-refractivity contribution in [1.29, 1.82) is 0 Å². The van der Waals surface area contributed by atoms with Gasteiger partial charge >= 0.3 is 5.97 Å². The Hall–Kier alpha value is -1.54. The zero-order chi connectivity index (χ0) is 24.0. The van der Waals surface area contributed by atoms with Gasteiger partial charge in [-0.3, -0.25) is 4.79 Å². The third-order valence-electron chi connectivity index (χ3n) is 6.16. The molecule has 0 amide bonds. The van der Waals surface area contributed by atoms with Crippen LogP contribution in [0.4, 0.5) is 0 Å². The van der Waals surface area contributed by atoms with Gasteiger partial charge in [-0.2, -0.15) is 16.1 Å². The van der Waals surface area contributed by atoms with Gasteiger partial charge in [-0.15, -0.1) is 0 Å². The van der Waals surface area contributed by atoms with Crippen LogP contribution in [-0.2, 0) is 14.8 Å². The fourth-order valence-electron chi connectivity index (χ4n) is 4.22. The van der Waals surface area contributed by atoms with Crippen LogP contribution in [0.15, 0.2) is 53.4 Å². The van der Waals surface area contributed by atoms with Crippen LogP contribution in [0.3, 0.4) is 0 Å². The van der Waals surface area contributed by atoms with E-state index in [4.69, 9.17) is 11.6 Å². The van der Waals surface area contributed by atoms with E-state index in [9.17, 15) is 18.3 Å². The lowest BCUT2D eigenvalue weighted by molar-refractivity contribution is -0.143. The summed E-state index contributed by atoms with van der Waals surface area (Å²) in [6.45, 7) is 4.10. The Kier molecular flexibility index (Phi) is 9.27. The molecule has 1 fully saturated rings. The van der Waals surface area contributed by atoms with Crippen molar-refractivity contribution in [1.82, 2.24) is 4.31 Å². The first-order valence-electron chi connectivity index (χ1n) is 11.4. The number of benzene rings is 2. The standard InChI is InChI=1S/C25H32ClNO4S2/c1-3-4-5-6-15-32-24-16-23(19-9-7-18(2)8-10-19)27(17-22(24)25(28)29)33(30,31)21-13-11-20(26)12-14-21/h7-14,22-24H,3-6,15-17H2,1-2H3,(H,28,29)/t22-,23+,24-/m1/s1. The molecule has 0 radical (unpaired) electrons. The summed E-state index contributed by atoms with van der Waals surface area (Å²) in [4.78, 5) is 12.3. The number of nitrogens with zero attached hydrogens (tertiary/aromatic N) is 1. The van der Waals surface area contributed by atoms with Crippen LogP contribution < -0.4 is 0 Å². The molecule has 0 bridgehead atoms. The highest BCUT2D eigenvalue weighted by Gasteiger charge is 2.45. The molecule has 0 aromatic heterocycles. The minimum Gasteiger partial charge on any atom is -0.481 e. The van der Waals surface area contributed by atoms with Crippen molar-refractivity contribution in [2.75, 3.05) is 12.3 Å². The van der Waals surface area contributed by atoms with Gasteiger partial charge in [0.15, 0.2) is 0 Å². The SMILES string of the molecule is CCCCCCS[C@@H]1C[C@@H](c2ccc(C)cc2)N(S(=O)(=O)c2ccc(Cl)cc2)C[C@H]1C(=O)O. The number of sulfonamides is 1. The van der Waals surface area contributed by atoms with Gasteiger partial charge in [-0.25, -0.2) is 8.42 Å². The van der Waals surface area contributed by atoms with E-state index in [0.29, 0.717) is 11.4 Å². The third kappa shape index (κ3) is 6.53. The fraction of sp³-hybridized carbons (Fsp3) is 0.480. The molecule has 2 aromatic carbocycles. The highest BCUT2D eigenvalue weighted by atomic mass is 35.5. The molecule has 1 saturated heterocycles. The molecule has 8 heteroatoms. The number of carbonyl (C=O) groups is 1. The number of halogens is 1. The maximum absolute atomic E-state index is 13.6. The van der Waals surface area contributed by atoms with Gasteiger partial charge < -0.3 is 5.11 Å². The number of piperidine rings is 1. The number of thioether (sulfide) groups is 1. The normalized spacial score (nSPS) is 21.7. The summed E-state index contributed by atoms with van der Waals surface area (Å²) in [5, 5.41) is 10.3. The molecule has 0 unspecified atom stereocenters. The Labute approximate surface area is 206 Å². The van der Waals surface area contributed by atoms with Crippen molar-refractivity contribution in [3.05, 3.63) is 64.7 Å². The summed E-state index contributed by atoms with van der Waals surface area (Å²) in [5.74, 6) is -0.816.